The van der Waals surface area contributed by atoms with Gasteiger partial charge in [-0.05, 0) is 62.3 Å². The molecular formula is C26H33N3O2S2. The van der Waals surface area contributed by atoms with E-state index >= 15 is 0 Å². The first-order valence-electron chi connectivity index (χ1n) is 12.1. The minimum Gasteiger partial charge on any atom is -0.316 e. The van der Waals surface area contributed by atoms with Gasteiger partial charge in [0, 0.05) is 24.9 Å². The van der Waals surface area contributed by atoms with Crippen molar-refractivity contribution in [2.75, 3.05) is 13.1 Å². The summed E-state index contributed by atoms with van der Waals surface area (Å²) in [6.07, 6.45) is 6.83. The van der Waals surface area contributed by atoms with Crippen LogP contribution in [-0.2, 0) is 15.8 Å². The van der Waals surface area contributed by atoms with E-state index in [-0.39, 0.29) is 0 Å². The average molecular weight is 484 g/mol. The summed E-state index contributed by atoms with van der Waals surface area (Å²) in [4.78, 5) is 5.34. The lowest BCUT2D eigenvalue weighted by Crippen LogP contribution is -2.39. The third-order valence-electron chi connectivity index (χ3n) is 7.03. The zero-order valence-electron chi connectivity index (χ0n) is 19.5. The van der Waals surface area contributed by atoms with E-state index in [0.717, 1.165) is 47.6 Å². The quantitative estimate of drug-likeness (QED) is 0.393. The van der Waals surface area contributed by atoms with Gasteiger partial charge >= 0.3 is 0 Å². The number of piperidine rings is 1. The van der Waals surface area contributed by atoms with Crippen LogP contribution in [0.2, 0.25) is 0 Å². The highest BCUT2D eigenvalue weighted by Crippen LogP contribution is 2.38. The highest BCUT2D eigenvalue weighted by atomic mass is 32.2. The van der Waals surface area contributed by atoms with Crippen molar-refractivity contribution in [2.24, 2.45) is 5.92 Å². The van der Waals surface area contributed by atoms with Crippen LogP contribution in [0.15, 0.2) is 52.5 Å². The Balaban J connectivity index is 1.49. The Morgan fingerprint density at radius 2 is 1.88 bits per heavy atom. The van der Waals surface area contributed by atoms with E-state index < -0.39 is 10.0 Å². The molecule has 176 valence electrons. The van der Waals surface area contributed by atoms with Crippen LogP contribution in [0.25, 0.3) is 11.0 Å². The summed E-state index contributed by atoms with van der Waals surface area (Å²) >= 11 is 1.76. The Bertz CT molecular complexity index is 1250. The smallest absolute Gasteiger partial charge is 0.243 e. The molecule has 0 N–H and O–H groups in total. The number of hydrogen-bond donors (Lipinski definition) is 0. The average Bonchev–Trinajstić information content (AvgIpc) is 3.44. The van der Waals surface area contributed by atoms with Gasteiger partial charge in [-0.2, -0.15) is 4.31 Å². The Morgan fingerprint density at radius 1 is 1.06 bits per heavy atom. The molecular weight excluding hydrogens is 450 g/mol. The first-order valence-corrected chi connectivity index (χ1v) is 14.5. The van der Waals surface area contributed by atoms with Gasteiger partial charge < -0.3 is 4.57 Å². The molecule has 2 heterocycles. The summed E-state index contributed by atoms with van der Waals surface area (Å²) in [5.41, 5.74) is 4.39. The van der Waals surface area contributed by atoms with E-state index in [2.05, 4.69) is 42.7 Å². The van der Waals surface area contributed by atoms with Crippen LogP contribution < -0.4 is 0 Å². The van der Waals surface area contributed by atoms with E-state index in [1.807, 2.05) is 6.07 Å². The molecule has 1 atom stereocenters. The summed E-state index contributed by atoms with van der Waals surface area (Å²) in [5, 5.41) is 1.000. The maximum absolute atomic E-state index is 13.4. The maximum atomic E-state index is 13.4. The second-order valence-electron chi connectivity index (χ2n) is 9.74. The van der Waals surface area contributed by atoms with Gasteiger partial charge in [-0.3, -0.25) is 0 Å². The van der Waals surface area contributed by atoms with Crippen molar-refractivity contribution in [3.8, 4) is 0 Å². The molecule has 0 spiro atoms. The van der Waals surface area contributed by atoms with E-state index in [9.17, 15) is 8.42 Å². The molecule has 7 heteroatoms. The van der Waals surface area contributed by atoms with Crippen molar-refractivity contribution in [3.05, 3.63) is 53.6 Å². The molecule has 2 fully saturated rings. The molecule has 1 aliphatic heterocycles. The van der Waals surface area contributed by atoms with Crippen molar-refractivity contribution in [1.29, 1.82) is 0 Å². The Kier molecular flexibility index (Phi) is 6.56. The lowest BCUT2D eigenvalue weighted by Gasteiger charge is -2.30. The van der Waals surface area contributed by atoms with Crippen LogP contribution in [0, 0.1) is 12.8 Å². The first-order chi connectivity index (χ1) is 15.9. The molecule has 0 bridgehead atoms. The first kappa shape index (κ1) is 22.9. The zero-order chi connectivity index (χ0) is 23.0. The third-order valence-corrected chi connectivity index (χ3v) is 9.91. The number of fused-ring (bicyclic) bond motifs is 1. The molecule has 1 unspecified atom stereocenters. The third kappa shape index (κ3) is 4.73. The minimum absolute atomic E-state index is 0.371. The van der Waals surface area contributed by atoms with E-state index in [4.69, 9.17) is 4.98 Å². The Hall–Kier alpha value is -1.83. The highest BCUT2D eigenvalue weighted by Gasteiger charge is 2.30. The number of imidazole rings is 1. The molecule has 33 heavy (non-hydrogen) atoms. The number of aromatic nitrogens is 2. The zero-order valence-corrected chi connectivity index (χ0v) is 21.2. The Labute approximate surface area is 201 Å². The minimum atomic E-state index is -3.49. The summed E-state index contributed by atoms with van der Waals surface area (Å²) in [6, 6.07) is 14.6. The van der Waals surface area contributed by atoms with Gasteiger partial charge in [-0.1, -0.05) is 61.4 Å². The lowest BCUT2D eigenvalue weighted by molar-refractivity contribution is 0.281. The van der Waals surface area contributed by atoms with Crippen LogP contribution in [0.5, 0.6) is 0 Å². The Morgan fingerprint density at radius 3 is 2.64 bits per heavy atom. The van der Waals surface area contributed by atoms with E-state index in [1.54, 1.807) is 28.2 Å². The topological polar surface area (TPSA) is 55.2 Å². The SMILES string of the molecule is Cc1cccc(CSc2nc3cc(S(=O)(=O)N4CCCC(C)C4)ccc3n2C2CCCC2)c1. The molecule has 0 amide bonds. The fourth-order valence-corrected chi connectivity index (χ4v) is 7.94. The molecule has 3 aromatic rings. The number of benzene rings is 2. The lowest BCUT2D eigenvalue weighted by atomic mass is 10.0. The van der Waals surface area contributed by atoms with E-state index in [0.29, 0.717) is 29.9 Å². The number of sulfonamides is 1. The number of nitrogens with zero attached hydrogens (tertiary/aromatic N) is 3. The van der Waals surface area contributed by atoms with Gasteiger partial charge in [0.1, 0.15) is 0 Å². The van der Waals surface area contributed by atoms with Crippen molar-refractivity contribution < 1.29 is 8.42 Å². The number of aryl methyl sites for hydroxylation is 1. The van der Waals surface area contributed by atoms with Gasteiger partial charge in [0.05, 0.1) is 15.9 Å². The van der Waals surface area contributed by atoms with Crippen LogP contribution in [0.4, 0.5) is 0 Å². The second kappa shape index (κ2) is 9.43. The summed E-state index contributed by atoms with van der Waals surface area (Å²) in [6.45, 7) is 5.46. The van der Waals surface area contributed by atoms with Crippen LogP contribution >= 0.6 is 11.8 Å². The largest absolute Gasteiger partial charge is 0.316 e. The molecule has 5 nitrogen and oxygen atoms in total. The fraction of sp³-hybridized carbons (Fsp3) is 0.500. The standard InChI is InChI=1S/C26H33N3O2S2/c1-19-7-5-9-21(15-19)18-32-26-27-24-16-23(33(30,31)28-14-6-8-20(2)17-28)12-13-25(24)29(26)22-10-3-4-11-22/h5,7,9,12-13,15-16,20,22H,3-4,6,8,10-11,14,17-18H2,1-2H3. The predicted octanol–water partition coefficient (Wildman–Crippen LogP) is 6.17. The van der Waals surface area contributed by atoms with Gasteiger partial charge in [0.25, 0.3) is 0 Å². The highest BCUT2D eigenvalue weighted by molar-refractivity contribution is 7.98. The molecule has 2 aromatic carbocycles. The molecule has 1 saturated carbocycles. The van der Waals surface area contributed by atoms with Gasteiger partial charge in [-0.25, -0.2) is 13.4 Å². The van der Waals surface area contributed by atoms with Crippen molar-refractivity contribution in [1.82, 2.24) is 13.9 Å². The van der Waals surface area contributed by atoms with Crippen LogP contribution in [-0.4, -0.2) is 35.4 Å². The van der Waals surface area contributed by atoms with Crippen LogP contribution in [0.1, 0.15) is 62.6 Å². The van der Waals surface area contributed by atoms with Crippen molar-refractivity contribution >= 4 is 32.8 Å². The van der Waals surface area contributed by atoms with Crippen molar-refractivity contribution in [2.45, 2.75) is 74.2 Å². The summed E-state index contributed by atoms with van der Waals surface area (Å²) < 4.78 is 30.7. The predicted molar refractivity (Wildman–Crippen MR) is 135 cm³/mol. The number of thioether (sulfide) groups is 1. The van der Waals surface area contributed by atoms with Crippen molar-refractivity contribution in [3.63, 3.8) is 0 Å². The molecule has 0 radical (unpaired) electrons. The normalized spacial score (nSPS) is 20.6. The van der Waals surface area contributed by atoms with Gasteiger partial charge in [-0.15, -0.1) is 0 Å². The number of rotatable bonds is 6. The van der Waals surface area contributed by atoms with Gasteiger partial charge in [0.15, 0.2) is 5.16 Å². The second-order valence-corrected chi connectivity index (χ2v) is 12.6. The molecule has 1 aliphatic carbocycles. The maximum Gasteiger partial charge on any atom is 0.243 e. The van der Waals surface area contributed by atoms with E-state index in [1.165, 1.54) is 24.0 Å². The summed E-state index contributed by atoms with van der Waals surface area (Å²) in [5.74, 6) is 1.26. The summed E-state index contributed by atoms with van der Waals surface area (Å²) in [7, 11) is -3.49. The monoisotopic (exact) mass is 483 g/mol. The van der Waals surface area contributed by atoms with Crippen LogP contribution in [0.3, 0.4) is 0 Å². The molecule has 1 aromatic heterocycles. The van der Waals surface area contributed by atoms with Gasteiger partial charge in [0.2, 0.25) is 10.0 Å². The molecule has 5 rings (SSSR count). The number of hydrogen-bond acceptors (Lipinski definition) is 4. The molecule has 1 saturated heterocycles. The molecule has 2 aliphatic rings. The fourth-order valence-electron chi connectivity index (χ4n) is 5.30.